The summed E-state index contributed by atoms with van der Waals surface area (Å²) in [6.45, 7) is 7.49. The molecule has 1 atom stereocenters. The fourth-order valence-electron chi connectivity index (χ4n) is 5.89. The number of nitrogens with zero attached hydrogens (tertiary/aromatic N) is 6. The van der Waals surface area contributed by atoms with Crippen molar-refractivity contribution in [1.82, 2.24) is 29.0 Å². The van der Waals surface area contributed by atoms with Gasteiger partial charge in [-0.05, 0) is 74.3 Å². The summed E-state index contributed by atoms with van der Waals surface area (Å²) in [5.41, 5.74) is 4.14. The van der Waals surface area contributed by atoms with Crippen molar-refractivity contribution in [1.29, 1.82) is 0 Å². The summed E-state index contributed by atoms with van der Waals surface area (Å²) in [7, 11) is 3.66. The molecular weight excluding hydrogens is 645 g/mol. The highest BCUT2D eigenvalue weighted by Crippen LogP contribution is 2.35. The lowest BCUT2D eigenvalue weighted by atomic mass is 10.0. The molecule has 1 saturated heterocycles. The molecule has 1 fully saturated rings. The van der Waals surface area contributed by atoms with Crippen molar-refractivity contribution in [3.8, 4) is 11.8 Å². The van der Waals surface area contributed by atoms with Crippen molar-refractivity contribution in [3.05, 3.63) is 107 Å². The van der Waals surface area contributed by atoms with Gasteiger partial charge >= 0.3 is 6.18 Å². The summed E-state index contributed by atoms with van der Waals surface area (Å²) >= 11 is 0. The van der Waals surface area contributed by atoms with E-state index in [0.29, 0.717) is 43.1 Å². The van der Waals surface area contributed by atoms with Crippen molar-refractivity contribution in [3.63, 3.8) is 0 Å². The van der Waals surface area contributed by atoms with Crippen LogP contribution in [0.5, 0.6) is 0 Å². The van der Waals surface area contributed by atoms with E-state index < -0.39 is 17.6 Å². The van der Waals surface area contributed by atoms with E-state index in [2.05, 4.69) is 44.4 Å². The molecule has 10 nitrogen and oxygen atoms in total. The Labute approximate surface area is 288 Å². The van der Waals surface area contributed by atoms with Gasteiger partial charge in [0.1, 0.15) is 5.69 Å². The van der Waals surface area contributed by atoms with Crippen LogP contribution in [0.3, 0.4) is 0 Å². The molecule has 3 aromatic heterocycles. The Bertz CT molecular complexity index is 2060. The summed E-state index contributed by atoms with van der Waals surface area (Å²) in [5, 5.41) is 10.3. The number of alkyl halides is 3. The minimum atomic E-state index is -4.57. The highest BCUT2D eigenvalue weighted by atomic mass is 19.4. The number of rotatable bonds is 9. The van der Waals surface area contributed by atoms with Gasteiger partial charge in [0, 0.05) is 68.5 Å². The number of hydrogen-bond acceptors (Lipinski definition) is 7. The van der Waals surface area contributed by atoms with Gasteiger partial charge in [-0.3, -0.25) is 18.8 Å². The number of imidazole rings is 1. The maximum atomic E-state index is 14.2. The summed E-state index contributed by atoms with van der Waals surface area (Å²) in [5.74, 6) is 5.77. The Balaban J connectivity index is 1.18. The number of carbonyl (C=O) groups excluding carboxylic acids is 1. The van der Waals surface area contributed by atoms with Gasteiger partial charge in [0.2, 0.25) is 0 Å². The summed E-state index contributed by atoms with van der Waals surface area (Å²) in [6.07, 6.45) is 2.59. The van der Waals surface area contributed by atoms with Gasteiger partial charge in [-0.15, -0.1) is 0 Å². The maximum Gasteiger partial charge on any atom is 0.416 e. The third-order valence-electron chi connectivity index (χ3n) is 8.91. The van der Waals surface area contributed by atoms with Crippen LogP contribution in [0.2, 0.25) is 0 Å². The highest BCUT2D eigenvalue weighted by Gasteiger charge is 2.34. The van der Waals surface area contributed by atoms with Gasteiger partial charge in [-0.1, -0.05) is 18.1 Å². The molecule has 4 heterocycles. The molecule has 6 rings (SSSR count). The minimum Gasteiger partial charge on any atom is -0.383 e. The van der Waals surface area contributed by atoms with Crippen molar-refractivity contribution in [2.75, 3.05) is 51.0 Å². The molecule has 5 aromatic rings. The van der Waals surface area contributed by atoms with Crippen LogP contribution in [0.25, 0.3) is 5.65 Å². The van der Waals surface area contributed by atoms with Crippen LogP contribution in [-0.2, 0) is 24.0 Å². The number of methoxy groups -OCH3 is 1. The van der Waals surface area contributed by atoms with E-state index in [-0.39, 0.29) is 29.4 Å². The topological polar surface area (TPSA) is 92.0 Å². The highest BCUT2D eigenvalue weighted by molar-refractivity contribution is 6.04. The van der Waals surface area contributed by atoms with Crippen molar-refractivity contribution < 1.29 is 22.7 Å². The Morgan fingerprint density at radius 2 is 1.92 bits per heavy atom. The molecule has 13 heteroatoms. The SMILES string of the molecule is COCCn1cc(Nc2cccn3c(C#Cc4cc(C(=O)Nc5ccc(CN6CCN(C)[C@@H](C)C6)c(C(F)(F)F)c5)ccc4C)cnc23)cn1. The van der Waals surface area contributed by atoms with E-state index in [9.17, 15) is 18.0 Å². The van der Waals surface area contributed by atoms with E-state index >= 15 is 0 Å². The summed E-state index contributed by atoms with van der Waals surface area (Å²) < 4.78 is 51.3. The van der Waals surface area contributed by atoms with Crippen LogP contribution in [0, 0.1) is 18.8 Å². The molecule has 0 aliphatic carbocycles. The second kappa shape index (κ2) is 14.8. The fourth-order valence-corrected chi connectivity index (χ4v) is 5.89. The average Bonchev–Trinajstić information content (AvgIpc) is 3.72. The molecule has 50 heavy (non-hydrogen) atoms. The molecule has 2 aromatic carbocycles. The molecule has 260 valence electrons. The van der Waals surface area contributed by atoms with E-state index in [1.807, 2.05) is 47.8 Å². The fraction of sp³-hybridized carbons (Fsp3) is 0.324. The third kappa shape index (κ3) is 8.00. The Morgan fingerprint density at radius 1 is 1.08 bits per heavy atom. The number of carbonyl (C=O) groups is 1. The lowest BCUT2D eigenvalue weighted by Gasteiger charge is -2.38. The lowest BCUT2D eigenvalue weighted by molar-refractivity contribution is -0.138. The molecular formula is C37H39F3N8O2. The molecule has 0 radical (unpaired) electrons. The monoisotopic (exact) mass is 684 g/mol. The molecule has 0 unspecified atom stereocenters. The number of ether oxygens (including phenoxy) is 1. The molecule has 0 saturated carbocycles. The lowest BCUT2D eigenvalue weighted by Crippen LogP contribution is -2.49. The molecule has 1 amide bonds. The second-order valence-corrected chi connectivity index (χ2v) is 12.5. The number of aromatic nitrogens is 4. The Kier molecular flexibility index (Phi) is 10.2. The Hall–Kier alpha value is -5.16. The predicted molar refractivity (Wildman–Crippen MR) is 187 cm³/mol. The van der Waals surface area contributed by atoms with E-state index in [1.165, 1.54) is 12.1 Å². The molecule has 0 bridgehead atoms. The van der Waals surface area contributed by atoms with Gasteiger partial charge in [0.05, 0.1) is 42.5 Å². The number of amides is 1. The number of nitrogens with one attached hydrogen (secondary N) is 2. The minimum absolute atomic E-state index is 0.0727. The van der Waals surface area contributed by atoms with E-state index in [0.717, 1.165) is 29.5 Å². The first-order chi connectivity index (χ1) is 24.0. The summed E-state index contributed by atoms with van der Waals surface area (Å²) in [4.78, 5) is 22.1. The molecule has 0 spiro atoms. The van der Waals surface area contributed by atoms with Gasteiger partial charge in [0.25, 0.3) is 5.91 Å². The average molecular weight is 685 g/mol. The normalized spacial score (nSPS) is 15.5. The number of likely N-dealkylation sites (N-methyl/N-ethyl adjacent to an activating group) is 1. The maximum absolute atomic E-state index is 14.2. The zero-order valence-corrected chi connectivity index (χ0v) is 28.4. The van der Waals surface area contributed by atoms with Gasteiger partial charge in [-0.25, -0.2) is 4.98 Å². The number of aryl methyl sites for hydroxylation is 1. The number of halogens is 3. The predicted octanol–water partition coefficient (Wildman–Crippen LogP) is 6.04. The third-order valence-corrected chi connectivity index (χ3v) is 8.91. The quantitative estimate of drug-likeness (QED) is 0.183. The molecule has 1 aliphatic heterocycles. The van der Waals surface area contributed by atoms with Gasteiger partial charge in [-0.2, -0.15) is 18.3 Å². The number of pyridine rings is 1. The largest absolute Gasteiger partial charge is 0.416 e. The Morgan fingerprint density at radius 3 is 2.70 bits per heavy atom. The van der Waals surface area contributed by atoms with E-state index in [4.69, 9.17) is 4.74 Å². The van der Waals surface area contributed by atoms with Crippen LogP contribution in [-0.4, -0.2) is 81.3 Å². The van der Waals surface area contributed by atoms with Gasteiger partial charge < -0.3 is 20.3 Å². The van der Waals surface area contributed by atoms with Crippen LogP contribution in [0.1, 0.15) is 45.2 Å². The second-order valence-electron chi connectivity index (χ2n) is 12.5. The van der Waals surface area contributed by atoms with Crippen molar-refractivity contribution in [2.24, 2.45) is 0 Å². The number of anilines is 3. The van der Waals surface area contributed by atoms with Gasteiger partial charge in [0.15, 0.2) is 5.65 Å². The number of fused-ring (bicyclic) bond motifs is 1. The zero-order chi connectivity index (χ0) is 35.4. The van der Waals surface area contributed by atoms with E-state index in [1.54, 1.807) is 42.4 Å². The van der Waals surface area contributed by atoms with Crippen molar-refractivity contribution >= 4 is 28.6 Å². The first-order valence-electron chi connectivity index (χ1n) is 16.3. The first-order valence-corrected chi connectivity index (χ1v) is 16.3. The first kappa shape index (κ1) is 34.7. The van der Waals surface area contributed by atoms with Crippen LogP contribution < -0.4 is 10.6 Å². The zero-order valence-electron chi connectivity index (χ0n) is 28.4. The van der Waals surface area contributed by atoms with Crippen molar-refractivity contribution in [2.45, 2.75) is 39.2 Å². The van der Waals surface area contributed by atoms with Crippen LogP contribution >= 0.6 is 0 Å². The molecule has 1 aliphatic rings. The van der Waals surface area contributed by atoms with Crippen LogP contribution in [0.15, 0.2) is 73.3 Å². The summed E-state index contributed by atoms with van der Waals surface area (Å²) in [6, 6.07) is 13.1. The number of hydrogen-bond donors (Lipinski definition) is 2. The number of benzene rings is 2. The number of piperazine rings is 1. The molecule has 2 N–H and O–H groups in total. The smallest absolute Gasteiger partial charge is 0.383 e. The standard InChI is InChI=1S/C37H39F3N8O2/c1-25-7-8-28(36(49)44-30-11-9-29(33(19-30)37(38,39)40)23-46-15-14-45(3)26(2)22-46)18-27(25)10-12-32-21-41-35-34(6-5-13-48(32)35)43-31-20-42-47(24-31)16-17-50-4/h5-9,11,13,18-21,24,26,43H,14-17,22-23H2,1-4H3,(H,44,49)/t26-/m0/s1. The van der Waals surface area contributed by atoms with Crippen LogP contribution in [0.4, 0.5) is 30.2 Å².